The standard InChI is InChI=1S/C25H33N5O2/c1-4-5-6-7-8-18-13-17(2)23(26-16-18)27-22-15-21(29-30-22)19-9-10-20(14-19)32-24(31)28-25(3)11-12-25/h13,15-16,19-20H,4-6,9-12,14H2,1-3H3,(H,28,31)(H2,26,27,29,30). The number of H-pyrrole nitrogens is 1. The molecule has 2 saturated carbocycles. The first kappa shape index (κ1) is 22.2. The fraction of sp³-hybridized carbons (Fsp3) is 0.560. The number of anilines is 2. The average Bonchev–Trinajstić information content (AvgIpc) is 3.14. The average molecular weight is 436 g/mol. The van der Waals surface area contributed by atoms with Crippen LogP contribution >= 0.6 is 0 Å². The van der Waals surface area contributed by atoms with Crippen molar-refractivity contribution < 1.29 is 9.53 Å². The number of unbranched alkanes of at least 4 members (excludes halogenated alkanes) is 2. The van der Waals surface area contributed by atoms with Gasteiger partial charge >= 0.3 is 6.09 Å². The molecule has 32 heavy (non-hydrogen) atoms. The van der Waals surface area contributed by atoms with Crippen molar-refractivity contribution in [2.45, 2.75) is 89.7 Å². The third kappa shape index (κ3) is 5.82. The normalized spacial score (nSPS) is 20.8. The summed E-state index contributed by atoms with van der Waals surface area (Å²) < 4.78 is 5.63. The number of carbonyl (C=O) groups excluding carboxylic acids is 1. The van der Waals surface area contributed by atoms with Crippen molar-refractivity contribution in [3.8, 4) is 11.8 Å². The van der Waals surface area contributed by atoms with E-state index in [-0.39, 0.29) is 17.7 Å². The summed E-state index contributed by atoms with van der Waals surface area (Å²) in [6.07, 6.45) is 9.39. The SMILES string of the molecule is CCCCC#Cc1cnc(Nc2cc(C3CCC(OC(=O)NC4(C)CC4)C3)[nH]n2)c(C)c1. The minimum absolute atomic E-state index is 0.0445. The zero-order chi connectivity index (χ0) is 22.6. The lowest BCUT2D eigenvalue weighted by molar-refractivity contribution is 0.0967. The van der Waals surface area contributed by atoms with Crippen molar-refractivity contribution >= 4 is 17.7 Å². The monoisotopic (exact) mass is 435 g/mol. The maximum absolute atomic E-state index is 12.1. The van der Waals surface area contributed by atoms with Gasteiger partial charge in [-0.05, 0) is 64.0 Å². The largest absolute Gasteiger partial charge is 0.446 e. The number of hydrogen-bond donors (Lipinski definition) is 3. The predicted octanol–water partition coefficient (Wildman–Crippen LogP) is 5.31. The molecule has 1 amide bonds. The van der Waals surface area contributed by atoms with Gasteiger partial charge in [0.1, 0.15) is 11.9 Å². The second-order valence-electron chi connectivity index (χ2n) is 9.35. The molecule has 0 aromatic carbocycles. The lowest BCUT2D eigenvalue weighted by Crippen LogP contribution is -2.36. The molecule has 170 valence electrons. The van der Waals surface area contributed by atoms with Gasteiger partial charge in [0, 0.05) is 41.4 Å². The van der Waals surface area contributed by atoms with E-state index >= 15 is 0 Å². The molecule has 2 heterocycles. The Bertz CT molecular complexity index is 1010. The van der Waals surface area contributed by atoms with Crippen LogP contribution in [0.5, 0.6) is 0 Å². The number of aromatic amines is 1. The zero-order valence-electron chi connectivity index (χ0n) is 19.3. The highest BCUT2D eigenvalue weighted by Gasteiger charge is 2.40. The van der Waals surface area contributed by atoms with Gasteiger partial charge in [-0.15, -0.1) is 0 Å². The molecule has 0 bridgehead atoms. The number of amides is 1. The predicted molar refractivity (Wildman–Crippen MR) is 125 cm³/mol. The highest BCUT2D eigenvalue weighted by Crippen LogP contribution is 2.37. The van der Waals surface area contributed by atoms with Crippen LogP contribution in [0.15, 0.2) is 18.3 Å². The van der Waals surface area contributed by atoms with Crippen molar-refractivity contribution in [3.63, 3.8) is 0 Å². The van der Waals surface area contributed by atoms with E-state index in [9.17, 15) is 4.79 Å². The van der Waals surface area contributed by atoms with Crippen LogP contribution in [-0.2, 0) is 4.74 Å². The second kappa shape index (κ2) is 9.64. The summed E-state index contributed by atoms with van der Waals surface area (Å²) >= 11 is 0. The molecule has 0 saturated heterocycles. The Morgan fingerprint density at radius 3 is 2.94 bits per heavy atom. The molecule has 2 aliphatic carbocycles. The number of aryl methyl sites for hydroxylation is 1. The number of nitrogens with zero attached hydrogens (tertiary/aromatic N) is 2. The first-order valence-electron chi connectivity index (χ1n) is 11.7. The lowest BCUT2D eigenvalue weighted by Gasteiger charge is -2.16. The first-order valence-corrected chi connectivity index (χ1v) is 11.7. The summed E-state index contributed by atoms with van der Waals surface area (Å²) in [5.41, 5.74) is 2.97. The number of nitrogens with one attached hydrogen (secondary N) is 3. The molecule has 4 rings (SSSR count). The Hall–Kier alpha value is -3.01. The van der Waals surface area contributed by atoms with Crippen LogP contribution in [0.3, 0.4) is 0 Å². The van der Waals surface area contributed by atoms with Crippen LogP contribution in [0.1, 0.15) is 88.0 Å². The van der Waals surface area contributed by atoms with Gasteiger partial charge in [0.25, 0.3) is 0 Å². The molecule has 7 heteroatoms. The van der Waals surface area contributed by atoms with E-state index < -0.39 is 0 Å². The number of ether oxygens (including phenoxy) is 1. The summed E-state index contributed by atoms with van der Waals surface area (Å²) in [4.78, 5) is 16.6. The number of alkyl carbamates (subject to hydrolysis) is 1. The molecular formula is C25H33N5O2. The summed E-state index contributed by atoms with van der Waals surface area (Å²) in [5.74, 6) is 8.21. The molecule has 7 nitrogen and oxygen atoms in total. The smallest absolute Gasteiger partial charge is 0.407 e. The first-order chi connectivity index (χ1) is 15.4. The van der Waals surface area contributed by atoms with E-state index in [1.165, 1.54) is 0 Å². The molecule has 2 aliphatic rings. The third-order valence-corrected chi connectivity index (χ3v) is 6.31. The van der Waals surface area contributed by atoms with E-state index in [2.05, 4.69) is 51.5 Å². The summed E-state index contributed by atoms with van der Waals surface area (Å²) in [7, 11) is 0. The Balaban J connectivity index is 1.30. The highest BCUT2D eigenvalue weighted by atomic mass is 16.6. The topological polar surface area (TPSA) is 91.9 Å². The van der Waals surface area contributed by atoms with Gasteiger partial charge in [-0.2, -0.15) is 5.10 Å². The second-order valence-corrected chi connectivity index (χ2v) is 9.35. The van der Waals surface area contributed by atoms with Gasteiger partial charge in [0.2, 0.25) is 0 Å². The van der Waals surface area contributed by atoms with Crippen LogP contribution in [0.25, 0.3) is 0 Å². The minimum Gasteiger partial charge on any atom is -0.446 e. The number of rotatable bonds is 7. The van der Waals surface area contributed by atoms with Crippen LogP contribution in [0.2, 0.25) is 0 Å². The molecule has 3 N–H and O–H groups in total. The van der Waals surface area contributed by atoms with Crippen molar-refractivity contribution in [1.29, 1.82) is 0 Å². The molecular weight excluding hydrogens is 402 g/mol. The van der Waals surface area contributed by atoms with Gasteiger partial charge in [-0.1, -0.05) is 25.2 Å². The molecule has 0 aliphatic heterocycles. The molecule has 0 radical (unpaired) electrons. The Kier molecular flexibility index (Phi) is 6.69. The molecule has 0 spiro atoms. The highest BCUT2D eigenvalue weighted by molar-refractivity contribution is 5.69. The fourth-order valence-electron chi connectivity index (χ4n) is 4.00. The molecule has 2 fully saturated rings. The Morgan fingerprint density at radius 1 is 1.34 bits per heavy atom. The number of hydrogen-bond acceptors (Lipinski definition) is 5. The fourth-order valence-corrected chi connectivity index (χ4v) is 4.00. The molecule has 2 unspecified atom stereocenters. The molecule has 2 aromatic rings. The van der Waals surface area contributed by atoms with Crippen molar-refractivity contribution in [2.75, 3.05) is 5.32 Å². The van der Waals surface area contributed by atoms with Gasteiger partial charge in [0.15, 0.2) is 5.82 Å². The maximum atomic E-state index is 12.1. The van der Waals surface area contributed by atoms with Gasteiger partial charge < -0.3 is 15.4 Å². The molecule has 2 atom stereocenters. The molecule has 2 aromatic heterocycles. The van der Waals surface area contributed by atoms with E-state index in [1.54, 1.807) is 6.20 Å². The quantitative estimate of drug-likeness (QED) is 0.405. The van der Waals surface area contributed by atoms with E-state index in [0.29, 0.717) is 5.92 Å². The number of carbonyl (C=O) groups is 1. The zero-order valence-corrected chi connectivity index (χ0v) is 19.3. The van der Waals surface area contributed by atoms with E-state index in [0.717, 1.165) is 79.8 Å². The van der Waals surface area contributed by atoms with E-state index in [1.807, 2.05) is 19.1 Å². The summed E-state index contributed by atoms with van der Waals surface area (Å²) in [5, 5.41) is 13.8. The van der Waals surface area contributed by atoms with Gasteiger partial charge in [-0.25, -0.2) is 9.78 Å². The Morgan fingerprint density at radius 2 is 2.19 bits per heavy atom. The van der Waals surface area contributed by atoms with E-state index in [4.69, 9.17) is 4.74 Å². The van der Waals surface area contributed by atoms with Crippen LogP contribution in [0, 0.1) is 18.8 Å². The van der Waals surface area contributed by atoms with Gasteiger partial charge in [0.05, 0.1) is 0 Å². The van der Waals surface area contributed by atoms with Crippen LogP contribution in [-0.4, -0.2) is 32.9 Å². The third-order valence-electron chi connectivity index (χ3n) is 6.31. The van der Waals surface area contributed by atoms with Crippen LogP contribution in [0.4, 0.5) is 16.4 Å². The Labute approximate surface area is 190 Å². The number of aromatic nitrogens is 3. The summed E-state index contributed by atoms with van der Waals surface area (Å²) in [6, 6.07) is 4.08. The number of pyridine rings is 1. The van der Waals surface area contributed by atoms with Gasteiger partial charge in [-0.3, -0.25) is 5.10 Å². The van der Waals surface area contributed by atoms with Crippen LogP contribution < -0.4 is 10.6 Å². The minimum atomic E-state index is -0.289. The lowest BCUT2D eigenvalue weighted by atomic mass is 10.0. The van der Waals surface area contributed by atoms with Crippen molar-refractivity contribution in [2.24, 2.45) is 0 Å². The van der Waals surface area contributed by atoms with Crippen molar-refractivity contribution in [1.82, 2.24) is 20.5 Å². The van der Waals surface area contributed by atoms with Crippen molar-refractivity contribution in [3.05, 3.63) is 35.2 Å². The summed E-state index contributed by atoms with van der Waals surface area (Å²) in [6.45, 7) is 6.24. The maximum Gasteiger partial charge on any atom is 0.407 e.